The van der Waals surface area contributed by atoms with Crippen LogP contribution in [0, 0.1) is 0 Å². The average molecular weight is 432 g/mol. The van der Waals surface area contributed by atoms with Gasteiger partial charge in [0.25, 0.3) is 0 Å². The topological polar surface area (TPSA) is 71.5 Å². The number of pyridine rings is 1. The fraction of sp³-hybridized carbons (Fsp3) is 0.381. The molecule has 1 atom stereocenters. The Morgan fingerprint density at radius 1 is 1.34 bits per heavy atom. The molecule has 29 heavy (non-hydrogen) atoms. The Hall–Kier alpha value is -2.25. The van der Waals surface area contributed by atoms with Crippen molar-refractivity contribution in [2.75, 3.05) is 26.0 Å². The third-order valence-electron chi connectivity index (χ3n) is 5.37. The van der Waals surface area contributed by atoms with Gasteiger partial charge in [-0.1, -0.05) is 23.7 Å². The van der Waals surface area contributed by atoms with Crippen molar-refractivity contribution in [2.24, 2.45) is 0 Å². The third-order valence-corrected chi connectivity index (χ3v) is 6.41. The molecule has 8 heteroatoms. The molecule has 3 heterocycles. The smallest absolute Gasteiger partial charge is 0.407 e. The van der Waals surface area contributed by atoms with Gasteiger partial charge in [0, 0.05) is 58.4 Å². The van der Waals surface area contributed by atoms with Crippen molar-refractivity contribution < 1.29 is 14.3 Å². The molecule has 2 aromatic rings. The fourth-order valence-corrected chi connectivity index (χ4v) is 4.36. The molecule has 0 radical (unpaired) electrons. The molecular weight excluding hydrogens is 410 g/mol. The highest BCUT2D eigenvalue weighted by Gasteiger charge is 2.33. The van der Waals surface area contributed by atoms with Crippen LogP contribution in [0.2, 0.25) is 5.02 Å². The van der Waals surface area contributed by atoms with Gasteiger partial charge in [0.2, 0.25) is 5.91 Å². The van der Waals surface area contributed by atoms with Gasteiger partial charge in [0.15, 0.2) is 0 Å². The maximum Gasteiger partial charge on any atom is 0.407 e. The van der Waals surface area contributed by atoms with Crippen LogP contribution in [0.15, 0.2) is 41.4 Å². The summed E-state index contributed by atoms with van der Waals surface area (Å²) in [6.07, 6.45) is 4.49. The fourth-order valence-electron chi connectivity index (χ4n) is 3.57. The molecule has 2 amide bonds. The quantitative estimate of drug-likeness (QED) is 0.701. The lowest BCUT2D eigenvalue weighted by Crippen LogP contribution is -2.49. The SMILES string of the molecule is CSc1ccc(-c2ccc(C3CN(C(=O)CCC4COC(=O)N4)C3)nc2)c(Cl)c1. The Morgan fingerprint density at radius 3 is 2.79 bits per heavy atom. The van der Waals surface area contributed by atoms with E-state index in [0.717, 1.165) is 26.7 Å². The van der Waals surface area contributed by atoms with E-state index in [1.807, 2.05) is 41.6 Å². The minimum atomic E-state index is -0.400. The van der Waals surface area contributed by atoms with Crippen molar-refractivity contribution >= 4 is 35.4 Å². The monoisotopic (exact) mass is 431 g/mol. The molecular formula is C21H22ClN3O3S. The van der Waals surface area contributed by atoms with Crippen molar-refractivity contribution in [3.05, 3.63) is 47.2 Å². The van der Waals surface area contributed by atoms with Gasteiger partial charge in [-0.05, 0) is 30.9 Å². The molecule has 0 bridgehead atoms. The number of amides is 2. The number of likely N-dealkylation sites (tertiary alicyclic amines) is 1. The molecule has 0 saturated carbocycles. The number of hydrogen-bond acceptors (Lipinski definition) is 5. The Labute approximate surface area is 179 Å². The zero-order valence-electron chi connectivity index (χ0n) is 16.1. The summed E-state index contributed by atoms with van der Waals surface area (Å²) >= 11 is 8.07. The number of carbonyl (C=O) groups excluding carboxylic acids is 2. The molecule has 2 fully saturated rings. The van der Waals surface area contributed by atoms with Crippen LogP contribution in [-0.4, -0.2) is 53.9 Å². The van der Waals surface area contributed by atoms with Gasteiger partial charge in [-0.25, -0.2) is 4.79 Å². The average Bonchev–Trinajstić information content (AvgIpc) is 3.11. The molecule has 1 unspecified atom stereocenters. The van der Waals surface area contributed by atoms with Gasteiger partial charge < -0.3 is 15.0 Å². The number of hydrogen-bond donors (Lipinski definition) is 1. The molecule has 1 N–H and O–H groups in total. The lowest BCUT2D eigenvalue weighted by Gasteiger charge is -2.39. The van der Waals surface area contributed by atoms with Crippen molar-refractivity contribution in [1.29, 1.82) is 0 Å². The molecule has 2 aliphatic heterocycles. The molecule has 2 saturated heterocycles. The predicted octanol–water partition coefficient (Wildman–Crippen LogP) is 3.94. The number of benzene rings is 1. The first-order chi connectivity index (χ1) is 14.0. The van der Waals surface area contributed by atoms with E-state index < -0.39 is 6.09 Å². The standard InChI is InChI=1S/C21H22ClN3O3S/c1-29-16-4-5-17(18(22)8-16)13-2-6-19(23-9-13)14-10-25(11-14)20(26)7-3-15-12-28-21(27)24-15/h2,4-6,8-9,14-15H,3,7,10-12H2,1H3,(H,24,27). The van der Waals surface area contributed by atoms with Gasteiger partial charge in [-0.2, -0.15) is 0 Å². The number of nitrogens with zero attached hydrogens (tertiary/aromatic N) is 2. The Balaban J connectivity index is 1.30. The summed E-state index contributed by atoms with van der Waals surface area (Å²) in [6, 6.07) is 10.0. The Kier molecular flexibility index (Phi) is 5.96. The van der Waals surface area contributed by atoms with E-state index in [1.54, 1.807) is 11.8 Å². The summed E-state index contributed by atoms with van der Waals surface area (Å²) in [5, 5.41) is 3.41. The number of halogens is 1. The van der Waals surface area contributed by atoms with Gasteiger partial charge >= 0.3 is 6.09 Å². The molecule has 1 aromatic carbocycles. The predicted molar refractivity (Wildman–Crippen MR) is 113 cm³/mol. The van der Waals surface area contributed by atoms with Gasteiger partial charge in [0.1, 0.15) is 6.61 Å². The van der Waals surface area contributed by atoms with E-state index in [1.165, 1.54) is 0 Å². The summed E-state index contributed by atoms with van der Waals surface area (Å²) in [7, 11) is 0. The first-order valence-corrected chi connectivity index (χ1v) is 11.1. The lowest BCUT2D eigenvalue weighted by atomic mass is 9.94. The summed E-state index contributed by atoms with van der Waals surface area (Å²) in [5.74, 6) is 0.372. The van der Waals surface area contributed by atoms with E-state index in [-0.39, 0.29) is 17.9 Å². The first-order valence-electron chi connectivity index (χ1n) is 9.54. The van der Waals surface area contributed by atoms with Crippen LogP contribution in [0.3, 0.4) is 0 Å². The summed E-state index contributed by atoms with van der Waals surface area (Å²) in [5.41, 5.74) is 2.95. The Bertz CT molecular complexity index is 916. The number of ether oxygens (including phenoxy) is 1. The number of cyclic esters (lactones) is 1. The van der Waals surface area contributed by atoms with Crippen molar-refractivity contribution in [2.45, 2.75) is 29.7 Å². The highest BCUT2D eigenvalue weighted by atomic mass is 35.5. The molecule has 6 nitrogen and oxygen atoms in total. The molecule has 0 spiro atoms. The number of aromatic nitrogens is 1. The van der Waals surface area contributed by atoms with Crippen LogP contribution in [0.1, 0.15) is 24.5 Å². The van der Waals surface area contributed by atoms with Crippen LogP contribution in [0.5, 0.6) is 0 Å². The summed E-state index contributed by atoms with van der Waals surface area (Å²) in [6.45, 7) is 1.71. The van der Waals surface area contributed by atoms with Gasteiger partial charge in [-0.3, -0.25) is 9.78 Å². The summed E-state index contributed by atoms with van der Waals surface area (Å²) < 4.78 is 4.84. The molecule has 1 aromatic heterocycles. The zero-order chi connectivity index (χ0) is 20.4. The van der Waals surface area contributed by atoms with Crippen molar-refractivity contribution in [1.82, 2.24) is 15.2 Å². The number of nitrogens with one attached hydrogen (secondary N) is 1. The van der Waals surface area contributed by atoms with Crippen LogP contribution in [-0.2, 0) is 9.53 Å². The van der Waals surface area contributed by atoms with Crippen LogP contribution < -0.4 is 5.32 Å². The van der Waals surface area contributed by atoms with Crippen molar-refractivity contribution in [3.8, 4) is 11.1 Å². The van der Waals surface area contributed by atoms with Crippen LogP contribution in [0.4, 0.5) is 4.79 Å². The van der Waals surface area contributed by atoms with E-state index in [9.17, 15) is 9.59 Å². The molecule has 2 aliphatic rings. The zero-order valence-corrected chi connectivity index (χ0v) is 17.6. The van der Waals surface area contributed by atoms with Gasteiger partial charge in [0.05, 0.1) is 6.04 Å². The number of rotatable bonds is 6. The maximum atomic E-state index is 12.3. The van der Waals surface area contributed by atoms with E-state index in [2.05, 4.69) is 16.4 Å². The van der Waals surface area contributed by atoms with Crippen LogP contribution >= 0.6 is 23.4 Å². The Morgan fingerprint density at radius 2 is 2.17 bits per heavy atom. The molecule has 152 valence electrons. The molecule has 4 rings (SSSR count). The van der Waals surface area contributed by atoms with Gasteiger partial charge in [-0.15, -0.1) is 11.8 Å². The second-order valence-electron chi connectivity index (χ2n) is 7.29. The second kappa shape index (κ2) is 8.63. The maximum absolute atomic E-state index is 12.3. The second-order valence-corrected chi connectivity index (χ2v) is 8.58. The number of carbonyl (C=O) groups is 2. The summed E-state index contributed by atoms with van der Waals surface area (Å²) in [4.78, 5) is 30.9. The van der Waals surface area contributed by atoms with E-state index >= 15 is 0 Å². The largest absolute Gasteiger partial charge is 0.447 e. The first kappa shape index (κ1) is 20.0. The number of thioether (sulfide) groups is 1. The third kappa shape index (κ3) is 4.51. The highest BCUT2D eigenvalue weighted by Crippen LogP contribution is 2.32. The minimum Gasteiger partial charge on any atom is -0.447 e. The highest BCUT2D eigenvalue weighted by molar-refractivity contribution is 7.98. The minimum absolute atomic E-state index is 0.0606. The molecule has 0 aliphatic carbocycles. The normalized spacial score (nSPS) is 18.9. The van der Waals surface area contributed by atoms with Crippen LogP contribution in [0.25, 0.3) is 11.1 Å². The number of alkyl carbamates (subject to hydrolysis) is 1. The lowest BCUT2D eigenvalue weighted by molar-refractivity contribution is -0.135. The van der Waals surface area contributed by atoms with E-state index in [0.29, 0.717) is 32.5 Å². The van der Waals surface area contributed by atoms with Crippen molar-refractivity contribution in [3.63, 3.8) is 0 Å². The van der Waals surface area contributed by atoms with E-state index in [4.69, 9.17) is 16.3 Å².